The lowest BCUT2D eigenvalue weighted by atomic mass is 9.95. The van der Waals surface area contributed by atoms with Gasteiger partial charge in [-0.25, -0.2) is 4.79 Å². The van der Waals surface area contributed by atoms with Crippen LogP contribution in [0.3, 0.4) is 0 Å². The normalized spacial score (nSPS) is 14.2. The summed E-state index contributed by atoms with van der Waals surface area (Å²) in [5, 5.41) is 9.22. The van der Waals surface area contributed by atoms with Crippen molar-refractivity contribution < 1.29 is 14.7 Å². The first-order valence-corrected chi connectivity index (χ1v) is 5.95. The van der Waals surface area contributed by atoms with E-state index < -0.39 is 12.0 Å². The fourth-order valence-corrected chi connectivity index (χ4v) is 2.03. The minimum Gasteiger partial charge on any atom is -0.480 e. The summed E-state index contributed by atoms with van der Waals surface area (Å²) in [6.45, 7) is 7.81. The molecule has 1 amide bonds. The molecule has 0 rings (SSSR count). The van der Waals surface area contributed by atoms with E-state index in [1.165, 1.54) is 11.8 Å². The molecule has 0 saturated carbocycles. The summed E-state index contributed by atoms with van der Waals surface area (Å²) < 4.78 is 0. The molecule has 94 valence electrons. The third-order valence-corrected chi connectivity index (χ3v) is 2.74. The molecule has 0 radical (unpaired) electrons. The van der Waals surface area contributed by atoms with Gasteiger partial charge in [0.15, 0.2) is 0 Å². The quantitative estimate of drug-likeness (QED) is 0.727. The Morgan fingerprint density at radius 1 is 1.25 bits per heavy atom. The molecule has 0 spiro atoms. The fourth-order valence-electron chi connectivity index (χ4n) is 2.03. The molecule has 0 aliphatic heterocycles. The molecule has 0 aliphatic rings. The fraction of sp³-hybridized carbons (Fsp3) is 0.833. The van der Waals surface area contributed by atoms with E-state index in [4.69, 9.17) is 0 Å². The first kappa shape index (κ1) is 14.9. The highest BCUT2D eigenvalue weighted by atomic mass is 16.4. The van der Waals surface area contributed by atoms with Crippen molar-refractivity contribution in [2.75, 3.05) is 6.54 Å². The number of nitrogens with zero attached hydrogens (tertiary/aromatic N) is 1. The standard InChI is InChI=1S/C12H23NO3/c1-5-7-9(3)11(12(15)16)13(8-6-2)10(4)14/h9,11H,5-8H2,1-4H3,(H,15,16). The number of hydrogen-bond acceptors (Lipinski definition) is 2. The maximum atomic E-state index is 11.5. The van der Waals surface area contributed by atoms with Gasteiger partial charge in [-0.15, -0.1) is 0 Å². The summed E-state index contributed by atoms with van der Waals surface area (Å²) >= 11 is 0. The van der Waals surface area contributed by atoms with E-state index in [2.05, 4.69) is 0 Å². The Morgan fingerprint density at radius 2 is 1.81 bits per heavy atom. The number of amides is 1. The minimum absolute atomic E-state index is 0.00190. The van der Waals surface area contributed by atoms with Crippen molar-refractivity contribution in [2.45, 2.75) is 53.0 Å². The lowest BCUT2D eigenvalue weighted by Gasteiger charge is -2.31. The van der Waals surface area contributed by atoms with Crippen LogP contribution in [0.5, 0.6) is 0 Å². The molecule has 0 aliphatic carbocycles. The largest absolute Gasteiger partial charge is 0.480 e. The molecule has 0 fully saturated rings. The van der Waals surface area contributed by atoms with Crippen LogP contribution in [-0.2, 0) is 9.59 Å². The van der Waals surface area contributed by atoms with Crippen molar-refractivity contribution in [3.05, 3.63) is 0 Å². The Balaban J connectivity index is 4.83. The highest BCUT2D eigenvalue weighted by Crippen LogP contribution is 2.17. The van der Waals surface area contributed by atoms with Crippen LogP contribution in [0.25, 0.3) is 0 Å². The van der Waals surface area contributed by atoms with Gasteiger partial charge in [0.2, 0.25) is 5.91 Å². The third-order valence-electron chi connectivity index (χ3n) is 2.74. The Kier molecular flexibility index (Phi) is 6.77. The summed E-state index contributed by atoms with van der Waals surface area (Å²) in [5.41, 5.74) is 0. The van der Waals surface area contributed by atoms with Gasteiger partial charge in [0, 0.05) is 13.5 Å². The van der Waals surface area contributed by atoms with Crippen molar-refractivity contribution in [3.63, 3.8) is 0 Å². The van der Waals surface area contributed by atoms with Gasteiger partial charge in [-0.3, -0.25) is 4.79 Å². The number of carboxylic acid groups (broad SMARTS) is 1. The van der Waals surface area contributed by atoms with Gasteiger partial charge in [0.1, 0.15) is 6.04 Å². The van der Waals surface area contributed by atoms with E-state index in [9.17, 15) is 14.7 Å². The highest BCUT2D eigenvalue weighted by molar-refractivity contribution is 5.82. The van der Waals surface area contributed by atoms with E-state index >= 15 is 0 Å². The highest BCUT2D eigenvalue weighted by Gasteiger charge is 2.31. The van der Waals surface area contributed by atoms with Crippen molar-refractivity contribution in [3.8, 4) is 0 Å². The van der Waals surface area contributed by atoms with Crippen LogP contribution in [0.1, 0.15) is 47.0 Å². The second kappa shape index (κ2) is 7.25. The Hall–Kier alpha value is -1.06. The van der Waals surface area contributed by atoms with E-state index in [1.54, 1.807) is 0 Å². The van der Waals surface area contributed by atoms with Crippen molar-refractivity contribution >= 4 is 11.9 Å². The molecule has 1 N–H and O–H groups in total. The van der Waals surface area contributed by atoms with Crippen molar-refractivity contribution in [2.24, 2.45) is 5.92 Å². The summed E-state index contributed by atoms with van der Waals surface area (Å²) in [4.78, 5) is 24.2. The van der Waals surface area contributed by atoms with Crippen LogP contribution in [0.4, 0.5) is 0 Å². The van der Waals surface area contributed by atoms with Crippen LogP contribution in [0.15, 0.2) is 0 Å². The zero-order valence-electron chi connectivity index (χ0n) is 10.7. The van der Waals surface area contributed by atoms with Crippen LogP contribution in [-0.4, -0.2) is 34.5 Å². The van der Waals surface area contributed by atoms with E-state index in [1.807, 2.05) is 20.8 Å². The molecule has 0 aromatic heterocycles. The van der Waals surface area contributed by atoms with Crippen LogP contribution in [0, 0.1) is 5.92 Å². The van der Waals surface area contributed by atoms with Crippen LogP contribution < -0.4 is 0 Å². The zero-order valence-corrected chi connectivity index (χ0v) is 10.7. The molecule has 0 heterocycles. The molecule has 0 aromatic rings. The molecule has 4 nitrogen and oxygen atoms in total. The van der Waals surface area contributed by atoms with Crippen molar-refractivity contribution in [1.29, 1.82) is 0 Å². The number of carboxylic acids is 1. The Morgan fingerprint density at radius 3 is 2.12 bits per heavy atom. The van der Waals surface area contributed by atoms with E-state index in [-0.39, 0.29) is 11.8 Å². The van der Waals surface area contributed by atoms with E-state index in [0.29, 0.717) is 6.54 Å². The number of carbonyl (C=O) groups excluding carboxylic acids is 1. The van der Waals surface area contributed by atoms with Gasteiger partial charge in [-0.1, -0.05) is 27.2 Å². The smallest absolute Gasteiger partial charge is 0.326 e. The minimum atomic E-state index is -0.899. The second-order valence-corrected chi connectivity index (χ2v) is 4.26. The lowest BCUT2D eigenvalue weighted by Crippen LogP contribution is -2.48. The topological polar surface area (TPSA) is 57.6 Å². The molecular formula is C12H23NO3. The molecule has 2 unspecified atom stereocenters. The van der Waals surface area contributed by atoms with Gasteiger partial charge in [0.25, 0.3) is 0 Å². The summed E-state index contributed by atoms with van der Waals surface area (Å²) in [7, 11) is 0. The maximum absolute atomic E-state index is 11.5. The predicted molar refractivity (Wildman–Crippen MR) is 63.2 cm³/mol. The lowest BCUT2D eigenvalue weighted by molar-refractivity contribution is -0.151. The van der Waals surface area contributed by atoms with E-state index in [0.717, 1.165) is 19.3 Å². The third kappa shape index (κ3) is 4.21. The van der Waals surface area contributed by atoms with Gasteiger partial charge in [0.05, 0.1) is 0 Å². The monoisotopic (exact) mass is 229 g/mol. The average molecular weight is 229 g/mol. The summed E-state index contributed by atoms with van der Waals surface area (Å²) in [6.07, 6.45) is 2.54. The Labute approximate surface area is 97.6 Å². The molecule has 0 aromatic carbocycles. The molecular weight excluding hydrogens is 206 g/mol. The maximum Gasteiger partial charge on any atom is 0.326 e. The number of hydrogen-bond donors (Lipinski definition) is 1. The molecule has 0 bridgehead atoms. The molecule has 4 heteroatoms. The van der Waals surface area contributed by atoms with Crippen LogP contribution in [0.2, 0.25) is 0 Å². The number of aliphatic carboxylic acids is 1. The van der Waals surface area contributed by atoms with Crippen molar-refractivity contribution in [1.82, 2.24) is 4.90 Å². The number of carbonyl (C=O) groups is 2. The Bertz CT molecular complexity index is 240. The SMILES string of the molecule is CCCC(C)C(C(=O)O)N(CCC)C(C)=O. The van der Waals surface area contributed by atoms with Crippen LogP contribution >= 0.6 is 0 Å². The van der Waals surface area contributed by atoms with Gasteiger partial charge in [-0.05, 0) is 18.8 Å². The first-order valence-electron chi connectivity index (χ1n) is 5.95. The number of rotatable bonds is 7. The molecule has 2 atom stereocenters. The molecule has 16 heavy (non-hydrogen) atoms. The summed E-state index contributed by atoms with van der Waals surface area (Å²) in [6, 6.07) is -0.683. The van der Waals surface area contributed by atoms with Gasteiger partial charge in [-0.2, -0.15) is 0 Å². The predicted octanol–water partition coefficient (Wildman–Crippen LogP) is 2.13. The van der Waals surface area contributed by atoms with Gasteiger partial charge < -0.3 is 10.0 Å². The average Bonchev–Trinajstić information content (AvgIpc) is 2.16. The summed E-state index contributed by atoms with van der Waals surface area (Å²) in [5.74, 6) is -1.06. The molecule has 0 saturated heterocycles. The van der Waals surface area contributed by atoms with Gasteiger partial charge >= 0.3 is 5.97 Å². The first-order chi connectivity index (χ1) is 7.45. The zero-order chi connectivity index (χ0) is 12.7. The second-order valence-electron chi connectivity index (χ2n) is 4.26.